The Bertz CT molecular complexity index is 484. The van der Waals surface area contributed by atoms with Crippen LogP contribution >= 0.6 is 23.4 Å². The molecule has 1 rings (SSSR count). The monoisotopic (exact) mass is 318 g/mol. The van der Waals surface area contributed by atoms with Gasteiger partial charge in [0.15, 0.2) is 0 Å². The van der Waals surface area contributed by atoms with Crippen LogP contribution in [0.2, 0.25) is 5.02 Å². The van der Waals surface area contributed by atoms with Crippen molar-refractivity contribution in [1.29, 1.82) is 0 Å². The first-order valence-corrected chi connectivity index (χ1v) is 6.15. The molecule has 1 aromatic rings. The number of anilines is 1. The Balaban J connectivity index is 2.72. The third kappa shape index (κ3) is 5.11. The summed E-state index contributed by atoms with van der Waals surface area (Å²) in [6.45, 7) is -0.202. The largest absolute Gasteiger partial charge is 0.441 e. The van der Waals surface area contributed by atoms with Crippen LogP contribution in [0.3, 0.4) is 0 Å². The second-order valence-electron chi connectivity index (χ2n) is 3.26. The van der Waals surface area contributed by atoms with E-state index in [1.165, 1.54) is 0 Å². The number of halogens is 5. The molecule has 0 fully saturated rings. The van der Waals surface area contributed by atoms with Crippen molar-refractivity contribution in [3.63, 3.8) is 0 Å². The van der Waals surface area contributed by atoms with E-state index in [2.05, 4.69) is 5.32 Å². The lowest BCUT2D eigenvalue weighted by atomic mass is 10.2. The molecule has 0 aliphatic carbocycles. The van der Waals surface area contributed by atoms with Crippen LogP contribution in [0, 0.1) is 15.9 Å². The van der Waals surface area contributed by atoms with E-state index < -0.39 is 27.0 Å². The molecule has 0 radical (unpaired) electrons. The number of thioether (sulfide) groups is 1. The number of rotatable bonds is 5. The molecule has 0 aromatic heterocycles. The summed E-state index contributed by atoms with van der Waals surface area (Å²) in [5, 5.41) is 12.6. The predicted octanol–water partition coefficient (Wildman–Crippen LogP) is 4.05. The maximum Gasteiger partial charge on any atom is 0.441 e. The van der Waals surface area contributed by atoms with Crippen LogP contribution in [0.25, 0.3) is 0 Å². The highest BCUT2D eigenvalue weighted by Gasteiger charge is 2.27. The fourth-order valence-electron chi connectivity index (χ4n) is 1.18. The van der Waals surface area contributed by atoms with Gasteiger partial charge in [-0.1, -0.05) is 11.6 Å². The van der Waals surface area contributed by atoms with Crippen LogP contribution in [0.1, 0.15) is 0 Å². The summed E-state index contributed by atoms with van der Waals surface area (Å²) in [4.78, 5) is 9.88. The summed E-state index contributed by atoms with van der Waals surface area (Å²) in [6, 6.07) is 1.58. The van der Waals surface area contributed by atoms with Gasteiger partial charge in [0.2, 0.25) is 0 Å². The Kier molecular flexibility index (Phi) is 5.24. The van der Waals surface area contributed by atoms with Crippen LogP contribution in [0.4, 0.5) is 28.9 Å². The van der Waals surface area contributed by atoms with Crippen molar-refractivity contribution in [2.24, 2.45) is 0 Å². The highest BCUT2D eigenvalue weighted by atomic mass is 35.5. The van der Waals surface area contributed by atoms with Crippen molar-refractivity contribution in [1.82, 2.24) is 0 Å². The molecule has 0 aliphatic heterocycles. The fourth-order valence-corrected chi connectivity index (χ4v) is 1.77. The molecule has 0 amide bonds. The van der Waals surface area contributed by atoms with E-state index in [9.17, 15) is 27.7 Å². The van der Waals surface area contributed by atoms with Crippen LogP contribution in [-0.4, -0.2) is 22.7 Å². The molecule has 106 valence electrons. The van der Waals surface area contributed by atoms with Crippen molar-refractivity contribution in [2.45, 2.75) is 5.51 Å². The second kappa shape index (κ2) is 6.29. The van der Waals surface area contributed by atoms with Crippen LogP contribution < -0.4 is 5.32 Å². The third-order valence-electron chi connectivity index (χ3n) is 1.92. The SMILES string of the molecule is O=[N+]([O-])c1cc(Cl)c(F)cc1NCCSC(F)(F)F. The summed E-state index contributed by atoms with van der Waals surface area (Å²) < 4.78 is 48.7. The van der Waals surface area contributed by atoms with Gasteiger partial charge in [-0.15, -0.1) is 0 Å². The quantitative estimate of drug-likeness (QED) is 0.385. The number of hydrogen-bond donors (Lipinski definition) is 1. The third-order valence-corrected chi connectivity index (χ3v) is 2.94. The van der Waals surface area contributed by atoms with Gasteiger partial charge in [0.1, 0.15) is 11.5 Å². The molecule has 19 heavy (non-hydrogen) atoms. The summed E-state index contributed by atoms with van der Waals surface area (Å²) in [5.74, 6) is -1.25. The van der Waals surface area contributed by atoms with E-state index >= 15 is 0 Å². The average Bonchev–Trinajstić information content (AvgIpc) is 2.27. The van der Waals surface area contributed by atoms with Gasteiger partial charge in [0.25, 0.3) is 5.69 Å². The summed E-state index contributed by atoms with van der Waals surface area (Å²) in [7, 11) is 0. The van der Waals surface area contributed by atoms with E-state index in [-0.39, 0.29) is 29.7 Å². The predicted molar refractivity (Wildman–Crippen MR) is 65.1 cm³/mol. The molecule has 0 saturated carbocycles. The molecule has 0 spiro atoms. The Hall–Kier alpha value is -1.22. The molecule has 1 aromatic carbocycles. The first-order valence-electron chi connectivity index (χ1n) is 4.78. The minimum Gasteiger partial charge on any atom is -0.379 e. The topological polar surface area (TPSA) is 55.2 Å². The first kappa shape index (κ1) is 15.8. The van der Waals surface area contributed by atoms with Gasteiger partial charge in [-0.25, -0.2) is 4.39 Å². The lowest BCUT2D eigenvalue weighted by Crippen LogP contribution is -2.10. The van der Waals surface area contributed by atoms with E-state index in [0.29, 0.717) is 0 Å². The smallest absolute Gasteiger partial charge is 0.379 e. The number of nitro benzene ring substituents is 1. The van der Waals surface area contributed by atoms with Gasteiger partial charge in [0.05, 0.1) is 9.95 Å². The standard InChI is InChI=1S/C9H7ClF4N2O2S/c10-5-3-8(16(17)18)7(4-6(5)11)15-1-2-19-9(12,13)14/h3-4,15H,1-2H2. The maximum atomic E-state index is 13.1. The Labute approximate surface area is 114 Å². The lowest BCUT2D eigenvalue weighted by molar-refractivity contribution is -0.384. The zero-order chi connectivity index (χ0) is 14.6. The molecular weight excluding hydrogens is 312 g/mol. The fraction of sp³-hybridized carbons (Fsp3) is 0.333. The van der Waals surface area contributed by atoms with Crippen molar-refractivity contribution in [3.8, 4) is 0 Å². The van der Waals surface area contributed by atoms with E-state index in [0.717, 1.165) is 12.1 Å². The van der Waals surface area contributed by atoms with Crippen molar-refractivity contribution in [3.05, 3.63) is 33.1 Å². The van der Waals surface area contributed by atoms with E-state index in [1.807, 2.05) is 0 Å². The van der Waals surface area contributed by atoms with Gasteiger partial charge < -0.3 is 5.32 Å². The number of nitrogens with one attached hydrogen (secondary N) is 1. The van der Waals surface area contributed by atoms with Gasteiger partial charge in [-0.05, 0) is 11.8 Å². The molecule has 4 nitrogen and oxygen atoms in total. The van der Waals surface area contributed by atoms with Crippen LogP contribution in [0.5, 0.6) is 0 Å². The first-order chi connectivity index (χ1) is 8.70. The van der Waals surface area contributed by atoms with Gasteiger partial charge in [0, 0.05) is 24.4 Å². The minimum atomic E-state index is -4.38. The Morgan fingerprint density at radius 2 is 2.05 bits per heavy atom. The molecular formula is C9H7ClF4N2O2S. The minimum absolute atomic E-state index is 0.202. The van der Waals surface area contributed by atoms with Gasteiger partial charge in [-0.2, -0.15) is 13.2 Å². The Morgan fingerprint density at radius 3 is 2.58 bits per heavy atom. The highest BCUT2D eigenvalue weighted by molar-refractivity contribution is 8.00. The summed E-state index contributed by atoms with van der Waals surface area (Å²) in [5.41, 5.74) is -5.09. The Morgan fingerprint density at radius 1 is 1.42 bits per heavy atom. The molecule has 10 heteroatoms. The van der Waals surface area contributed by atoms with Crippen molar-refractivity contribution < 1.29 is 22.5 Å². The number of nitrogens with zero attached hydrogens (tertiary/aromatic N) is 1. The zero-order valence-electron chi connectivity index (χ0n) is 9.13. The number of nitro groups is 1. The van der Waals surface area contributed by atoms with Gasteiger partial charge in [-0.3, -0.25) is 10.1 Å². The average molecular weight is 319 g/mol. The molecule has 1 N–H and O–H groups in total. The number of hydrogen-bond acceptors (Lipinski definition) is 4. The molecule has 0 heterocycles. The van der Waals surface area contributed by atoms with Crippen molar-refractivity contribution in [2.75, 3.05) is 17.6 Å². The van der Waals surface area contributed by atoms with Crippen LogP contribution in [-0.2, 0) is 0 Å². The number of benzene rings is 1. The molecule has 0 bridgehead atoms. The van der Waals surface area contributed by atoms with E-state index in [4.69, 9.17) is 11.6 Å². The second-order valence-corrected chi connectivity index (χ2v) is 4.83. The zero-order valence-corrected chi connectivity index (χ0v) is 10.7. The summed E-state index contributed by atoms with van der Waals surface area (Å²) >= 11 is 5.11. The number of alkyl halides is 3. The molecule has 0 saturated heterocycles. The van der Waals surface area contributed by atoms with E-state index in [1.54, 1.807) is 0 Å². The van der Waals surface area contributed by atoms with Gasteiger partial charge >= 0.3 is 5.51 Å². The van der Waals surface area contributed by atoms with Crippen LogP contribution in [0.15, 0.2) is 12.1 Å². The summed E-state index contributed by atoms with van der Waals surface area (Å²) in [6.07, 6.45) is 0. The molecule has 0 atom stereocenters. The normalized spacial score (nSPS) is 11.4. The maximum absolute atomic E-state index is 13.1. The van der Waals surface area contributed by atoms with Crippen molar-refractivity contribution >= 4 is 34.7 Å². The highest BCUT2D eigenvalue weighted by Crippen LogP contribution is 2.32. The lowest BCUT2D eigenvalue weighted by Gasteiger charge is -2.09. The molecule has 0 unspecified atom stereocenters. The molecule has 0 aliphatic rings.